The maximum atomic E-state index is 12.9. The Labute approximate surface area is 151 Å². The second-order valence-corrected chi connectivity index (χ2v) is 6.93. The molecule has 0 aliphatic heterocycles. The van der Waals surface area contributed by atoms with E-state index in [1.807, 2.05) is 51.0 Å². The van der Waals surface area contributed by atoms with Gasteiger partial charge in [-0.25, -0.2) is 0 Å². The van der Waals surface area contributed by atoms with Gasteiger partial charge in [-0.3, -0.25) is 9.59 Å². The van der Waals surface area contributed by atoms with E-state index in [1.165, 1.54) is 6.42 Å². The quantitative estimate of drug-likeness (QED) is 0.854. The predicted octanol–water partition coefficient (Wildman–Crippen LogP) is 3.75. The topological polar surface area (TPSA) is 52.7 Å². The van der Waals surface area contributed by atoms with Crippen molar-refractivity contribution in [3.63, 3.8) is 0 Å². The molecule has 1 fully saturated rings. The molecule has 1 aliphatic rings. The smallest absolute Gasteiger partial charge is 0.256 e. The highest BCUT2D eigenvalue weighted by Gasteiger charge is 2.23. The zero-order valence-electron chi connectivity index (χ0n) is 16.0. The van der Waals surface area contributed by atoms with Crippen LogP contribution in [-0.4, -0.2) is 43.9 Å². The molecule has 1 aliphatic carbocycles. The van der Waals surface area contributed by atoms with Gasteiger partial charge in [-0.1, -0.05) is 19.3 Å². The van der Waals surface area contributed by atoms with E-state index < -0.39 is 0 Å². The predicted molar refractivity (Wildman–Crippen MR) is 103 cm³/mol. The molecule has 0 bridgehead atoms. The van der Waals surface area contributed by atoms with Gasteiger partial charge in [0.05, 0.1) is 5.56 Å². The van der Waals surface area contributed by atoms with Crippen molar-refractivity contribution in [3.05, 3.63) is 23.8 Å². The summed E-state index contributed by atoms with van der Waals surface area (Å²) >= 11 is 0. The molecule has 1 N–H and O–H groups in total. The third-order valence-electron chi connectivity index (χ3n) is 5.00. The fourth-order valence-corrected chi connectivity index (χ4v) is 3.47. The summed E-state index contributed by atoms with van der Waals surface area (Å²) in [4.78, 5) is 29.1. The first-order valence-corrected chi connectivity index (χ1v) is 9.39. The number of hydrogen-bond donors (Lipinski definition) is 1. The van der Waals surface area contributed by atoms with Gasteiger partial charge < -0.3 is 15.1 Å². The van der Waals surface area contributed by atoms with Crippen LogP contribution in [0.3, 0.4) is 0 Å². The molecule has 1 saturated carbocycles. The fourth-order valence-electron chi connectivity index (χ4n) is 3.47. The Morgan fingerprint density at radius 3 is 2.28 bits per heavy atom. The largest absolute Gasteiger partial charge is 0.377 e. The maximum Gasteiger partial charge on any atom is 0.256 e. The van der Waals surface area contributed by atoms with Gasteiger partial charge in [-0.2, -0.15) is 0 Å². The molecule has 0 aromatic heterocycles. The SMILES string of the molecule is CCN(CC)C(=O)c1cc(NC(=O)C2CCCCC2)ccc1N(C)C. The summed E-state index contributed by atoms with van der Waals surface area (Å²) in [5.74, 6) is 0.185. The molecular weight excluding hydrogens is 314 g/mol. The van der Waals surface area contributed by atoms with Crippen LogP contribution in [-0.2, 0) is 4.79 Å². The van der Waals surface area contributed by atoms with Gasteiger partial charge in [0, 0.05) is 44.5 Å². The average Bonchev–Trinajstić information content (AvgIpc) is 2.63. The summed E-state index contributed by atoms with van der Waals surface area (Å²) in [6.07, 6.45) is 5.41. The van der Waals surface area contributed by atoms with E-state index in [4.69, 9.17) is 0 Å². The Balaban J connectivity index is 2.24. The molecule has 0 atom stereocenters. The third-order valence-corrected chi connectivity index (χ3v) is 5.00. The van der Waals surface area contributed by atoms with E-state index in [0.717, 1.165) is 31.4 Å². The van der Waals surface area contributed by atoms with Crippen molar-refractivity contribution < 1.29 is 9.59 Å². The van der Waals surface area contributed by atoms with E-state index in [-0.39, 0.29) is 17.7 Å². The number of anilines is 2. The Morgan fingerprint density at radius 2 is 1.72 bits per heavy atom. The molecule has 1 aromatic carbocycles. The number of benzene rings is 1. The minimum absolute atomic E-state index is 0.00228. The molecule has 138 valence electrons. The first-order valence-electron chi connectivity index (χ1n) is 9.39. The summed E-state index contributed by atoms with van der Waals surface area (Å²) in [6, 6.07) is 5.61. The highest BCUT2D eigenvalue weighted by Crippen LogP contribution is 2.27. The van der Waals surface area contributed by atoms with Gasteiger partial charge in [-0.05, 0) is 44.9 Å². The van der Waals surface area contributed by atoms with Gasteiger partial charge in [0.15, 0.2) is 0 Å². The summed E-state index contributed by atoms with van der Waals surface area (Å²) in [6.45, 7) is 5.29. The van der Waals surface area contributed by atoms with Crippen LogP contribution in [0.4, 0.5) is 11.4 Å². The van der Waals surface area contributed by atoms with E-state index >= 15 is 0 Å². The second kappa shape index (κ2) is 8.88. The minimum atomic E-state index is 0.00228. The van der Waals surface area contributed by atoms with Gasteiger partial charge in [0.2, 0.25) is 5.91 Å². The van der Waals surface area contributed by atoms with Crippen molar-refractivity contribution in [2.75, 3.05) is 37.4 Å². The normalized spacial score (nSPS) is 14.9. The van der Waals surface area contributed by atoms with Crippen LogP contribution < -0.4 is 10.2 Å². The lowest BCUT2D eigenvalue weighted by molar-refractivity contribution is -0.120. The number of hydrogen-bond acceptors (Lipinski definition) is 3. The fraction of sp³-hybridized carbons (Fsp3) is 0.600. The van der Waals surface area contributed by atoms with Crippen molar-refractivity contribution in [2.45, 2.75) is 46.0 Å². The first kappa shape index (κ1) is 19.3. The molecule has 1 aromatic rings. The Bertz CT molecular complexity index is 603. The highest BCUT2D eigenvalue weighted by atomic mass is 16.2. The first-order chi connectivity index (χ1) is 12.0. The number of carbonyl (C=O) groups is 2. The molecule has 0 unspecified atom stereocenters. The molecule has 25 heavy (non-hydrogen) atoms. The van der Waals surface area contributed by atoms with Crippen molar-refractivity contribution in [1.29, 1.82) is 0 Å². The minimum Gasteiger partial charge on any atom is -0.377 e. The standard InChI is InChI=1S/C20H31N3O2/c1-5-23(6-2)20(25)17-14-16(12-13-18(17)22(3)4)21-19(24)15-10-8-7-9-11-15/h12-15H,5-11H2,1-4H3,(H,21,24). The van der Waals surface area contributed by atoms with Crippen LogP contribution in [0.15, 0.2) is 18.2 Å². The zero-order valence-corrected chi connectivity index (χ0v) is 16.0. The molecular formula is C20H31N3O2. The number of rotatable bonds is 6. The summed E-state index contributed by atoms with van der Waals surface area (Å²) in [7, 11) is 3.85. The maximum absolute atomic E-state index is 12.9. The number of nitrogens with zero attached hydrogens (tertiary/aromatic N) is 2. The lowest BCUT2D eigenvalue weighted by atomic mass is 9.88. The summed E-state index contributed by atoms with van der Waals surface area (Å²) in [5.41, 5.74) is 2.21. The van der Waals surface area contributed by atoms with Crippen LogP contribution in [0.5, 0.6) is 0 Å². The summed E-state index contributed by atoms with van der Waals surface area (Å²) < 4.78 is 0. The van der Waals surface area contributed by atoms with E-state index in [2.05, 4.69) is 5.32 Å². The molecule has 5 nitrogen and oxygen atoms in total. The van der Waals surface area contributed by atoms with Crippen LogP contribution >= 0.6 is 0 Å². The molecule has 2 rings (SSSR count). The van der Waals surface area contributed by atoms with E-state index in [0.29, 0.717) is 24.3 Å². The average molecular weight is 345 g/mol. The van der Waals surface area contributed by atoms with Crippen LogP contribution in [0.1, 0.15) is 56.3 Å². The van der Waals surface area contributed by atoms with Crippen LogP contribution in [0, 0.1) is 5.92 Å². The Morgan fingerprint density at radius 1 is 1.08 bits per heavy atom. The van der Waals surface area contributed by atoms with Crippen LogP contribution in [0.2, 0.25) is 0 Å². The molecule has 0 heterocycles. The third kappa shape index (κ3) is 4.74. The second-order valence-electron chi connectivity index (χ2n) is 6.93. The molecule has 0 radical (unpaired) electrons. The monoisotopic (exact) mass is 345 g/mol. The number of nitrogens with one attached hydrogen (secondary N) is 1. The van der Waals surface area contributed by atoms with E-state index in [1.54, 1.807) is 4.90 Å². The Kier molecular flexibility index (Phi) is 6.85. The lowest BCUT2D eigenvalue weighted by Gasteiger charge is -2.24. The lowest BCUT2D eigenvalue weighted by Crippen LogP contribution is -2.32. The van der Waals surface area contributed by atoms with Gasteiger partial charge >= 0.3 is 0 Å². The van der Waals surface area contributed by atoms with Gasteiger partial charge in [0.1, 0.15) is 0 Å². The molecule has 0 saturated heterocycles. The zero-order chi connectivity index (χ0) is 18.4. The summed E-state index contributed by atoms with van der Waals surface area (Å²) in [5, 5.41) is 3.02. The van der Waals surface area contributed by atoms with E-state index in [9.17, 15) is 9.59 Å². The molecule has 5 heteroatoms. The molecule has 0 spiro atoms. The number of amides is 2. The van der Waals surface area contributed by atoms with Crippen molar-refractivity contribution in [2.24, 2.45) is 5.92 Å². The van der Waals surface area contributed by atoms with Crippen molar-refractivity contribution in [3.8, 4) is 0 Å². The van der Waals surface area contributed by atoms with Crippen LogP contribution in [0.25, 0.3) is 0 Å². The van der Waals surface area contributed by atoms with Crippen molar-refractivity contribution in [1.82, 2.24) is 4.90 Å². The molecule has 2 amide bonds. The number of carbonyl (C=O) groups excluding carboxylic acids is 2. The van der Waals surface area contributed by atoms with Gasteiger partial charge in [0.25, 0.3) is 5.91 Å². The van der Waals surface area contributed by atoms with Crippen molar-refractivity contribution >= 4 is 23.2 Å². The Hall–Kier alpha value is -2.04. The van der Waals surface area contributed by atoms with Gasteiger partial charge in [-0.15, -0.1) is 0 Å². The highest BCUT2D eigenvalue weighted by molar-refractivity contribution is 6.02.